The average molecular weight is 398 g/mol. The van der Waals surface area contributed by atoms with E-state index in [1.807, 2.05) is 0 Å². The SMILES string of the molecule is CCOC(=O)c1ccc2nc(NCC(=O)c3ccc4c(c3)OCCO4)sc2c1. The second-order valence-corrected chi connectivity index (χ2v) is 7.09. The van der Waals surface area contributed by atoms with Gasteiger partial charge in [-0.05, 0) is 43.3 Å². The Morgan fingerprint density at radius 2 is 1.89 bits per heavy atom. The van der Waals surface area contributed by atoms with Crippen molar-refractivity contribution in [1.82, 2.24) is 4.98 Å². The summed E-state index contributed by atoms with van der Waals surface area (Å²) in [7, 11) is 0. The molecule has 0 radical (unpaired) electrons. The van der Waals surface area contributed by atoms with Gasteiger partial charge in [0.2, 0.25) is 0 Å². The summed E-state index contributed by atoms with van der Waals surface area (Å²) in [5.74, 6) is 0.799. The zero-order valence-corrected chi connectivity index (χ0v) is 16.0. The van der Waals surface area contributed by atoms with E-state index in [0.717, 1.165) is 10.2 Å². The number of fused-ring (bicyclic) bond motifs is 2. The van der Waals surface area contributed by atoms with Crippen LogP contribution in [0.5, 0.6) is 11.5 Å². The Balaban J connectivity index is 1.45. The van der Waals surface area contributed by atoms with Crippen molar-refractivity contribution < 1.29 is 23.8 Å². The van der Waals surface area contributed by atoms with Gasteiger partial charge in [-0.1, -0.05) is 11.3 Å². The quantitative estimate of drug-likeness (QED) is 0.502. The number of anilines is 1. The molecule has 0 aliphatic carbocycles. The van der Waals surface area contributed by atoms with Gasteiger partial charge in [0.05, 0.1) is 28.9 Å². The fraction of sp³-hybridized carbons (Fsp3) is 0.250. The number of rotatable bonds is 6. The highest BCUT2D eigenvalue weighted by atomic mass is 32.1. The number of Topliss-reactive ketones (excluding diaryl/α,β-unsaturated/α-hetero) is 1. The number of ether oxygens (including phenoxy) is 3. The first kappa shape index (κ1) is 18.2. The molecule has 3 aromatic rings. The van der Waals surface area contributed by atoms with Crippen molar-refractivity contribution >= 4 is 38.4 Å². The van der Waals surface area contributed by atoms with Gasteiger partial charge in [-0.2, -0.15) is 0 Å². The summed E-state index contributed by atoms with van der Waals surface area (Å²) in [4.78, 5) is 28.8. The normalized spacial score (nSPS) is 12.6. The number of thiazole rings is 1. The molecule has 0 unspecified atom stereocenters. The molecule has 144 valence electrons. The first-order valence-electron chi connectivity index (χ1n) is 8.88. The third kappa shape index (κ3) is 3.77. The van der Waals surface area contributed by atoms with Gasteiger partial charge in [-0.3, -0.25) is 4.79 Å². The minimum Gasteiger partial charge on any atom is -0.486 e. The van der Waals surface area contributed by atoms with Crippen molar-refractivity contribution in [2.45, 2.75) is 6.92 Å². The molecule has 1 N–H and O–H groups in total. The summed E-state index contributed by atoms with van der Waals surface area (Å²) >= 11 is 1.38. The van der Waals surface area contributed by atoms with Crippen LogP contribution in [0.3, 0.4) is 0 Å². The highest BCUT2D eigenvalue weighted by molar-refractivity contribution is 7.22. The second kappa shape index (κ2) is 7.85. The summed E-state index contributed by atoms with van der Waals surface area (Å²) < 4.78 is 16.9. The summed E-state index contributed by atoms with van der Waals surface area (Å²) in [6.45, 7) is 3.18. The van der Waals surface area contributed by atoms with Crippen LogP contribution >= 0.6 is 11.3 Å². The highest BCUT2D eigenvalue weighted by Gasteiger charge is 2.16. The predicted octanol–water partition coefficient (Wildman–Crippen LogP) is 3.54. The summed E-state index contributed by atoms with van der Waals surface area (Å²) in [5.41, 5.74) is 1.78. The van der Waals surface area contributed by atoms with Crippen LogP contribution in [0.25, 0.3) is 10.2 Å². The van der Waals surface area contributed by atoms with Gasteiger partial charge < -0.3 is 19.5 Å². The van der Waals surface area contributed by atoms with Crippen LogP contribution < -0.4 is 14.8 Å². The van der Waals surface area contributed by atoms with E-state index in [1.54, 1.807) is 43.3 Å². The molecule has 8 heteroatoms. The fourth-order valence-electron chi connectivity index (χ4n) is 2.82. The van der Waals surface area contributed by atoms with Crippen LogP contribution in [0.2, 0.25) is 0 Å². The van der Waals surface area contributed by atoms with E-state index in [9.17, 15) is 9.59 Å². The van der Waals surface area contributed by atoms with Crippen LogP contribution in [0.1, 0.15) is 27.6 Å². The number of nitrogens with zero attached hydrogens (tertiary/aromatic N) is 1. The molecule has 2 aromatic carbocycles. The lowest BCUT2D eigenvalue weighted by Gasteiger charge is -2.18. The monoisotopic (exact) mass is 398 g/mol. The minimum atomic E-state index is -0.360. The zero-order valence-electron chi connectivity index (χ0n) is 15.2. The molecule has 7 nitrogen and oxygen atoms in total. The maximum Gasteiger partial charge on any atom is 0.338 e. The molecule has 28 heavy (non-hydrogen) atoms. The van der Waals surface area contributed by atoms with E-state index in [2.05, 4.69) is 10.3 Å². The predicted molar refractivity (Wildman–Crippen MR) is 106 cm³/mol. The Labute approximate surface area is 165 Å². The molecule has 0 amide bonds. The number of carbonyl (C=O) groups is 2. The van der Waals surface area contributed by atoms with Crippen LogP contribution in [-0.4, -0.2) is 43.1 Å². The number of hydrogen-bond acceptors (Lipinski definition) is 8. The first-order valence-corrected chi connectivity index (χ1v) is 9.70. The highest BCUT2D eigenvalue weighted by Crippen LogP contribution is 2.31. The molecular formula is C20H18N2O5S. The van der Waals surface area contributed by atoms with E-state index < -0.39 is 0 Å². The Kier molecular flexibility index (Phi) is 5.12. The Hall–Kier alpha value is -3.13. The van der Waals surface area contributed by atoms with Crippen molar-refractivity contribution in [2.75, 3.05) is 31.7 Å². The van der Waals surface area contributed by atoms with Gasteiger partial charge in [0.15, 0.2) is 22.4 Å². The van der Waals surface area contributed by atoms with Gasteiger partial charge in [0, 0.05) is 5.56 Å². The molecule has 1 aliphatic rings. The molecule has 0 bridgehead atoms. The van der Waals surface area contributed by atoms with Crippen molar-refractivity contribution in [2.24, 2.45) is 0 Å². The molecule has 0 spiro atoms. The van der Waals surface area contributed by atoms with Crippen molar-refractivity contribution in [3.8, 4) is 11.5 Å². The van der Waals surface area contributed by atoms with Crippen LogP contribution in [0, 0.1) is 0 Å². The standard InChI is InChI=1S/C20H18N2O5S/c1-2-25-19(24)13-3-5-14-18(10-13)28-20(22-14)21-11-15(23)12-4-6-16-17(9-12)27-8-7-26-16/h3-6,9-10H,2,7-8,11H2,1H3,(H,21,22). The van der Waals surface area contributed by atoms with Gasteiger partial charge in [-0.15, -0.1) is 0 Å². The Bertz CT molecular complexity index is 1050. The molecular weight excluding hydrogens is 380 g/mol. The Morgan fingerprint density at radius 1 is 1.11 bits per heavy atom. The van der Waals surface area contributed by atoms with Gasteiger partial charge in [0.25, 0.3) is 0 Å². The summed E-state index contributed by atoms with van der Waals surface area (Å²) in [6.07, 6.45) is 0. The average Bonchev–Trinajstić information content (AvgIpc) is 3.14. The summed E-state index contributed by atoms with van der Waals surface area (Å²) in [5, 5.41) is 3.67. The molecule has 4 rings (SSSR count). The molecule has 0 saturated carbocycles. The van der Waals surface area contributed by atoms with E-state index in [-0.39, 0.29) is 18.3 Å². The van der Waals surface area contributed by atoms with Crippen LogP contribution in [-0.2, 0) is 4.74 Å². The maximum absolute atomic E-state index is 12.5. The van der Waals surface area contributed by atoms with Crippen molar-refractivity contribution in [3.05, 3.63) is 47.5 Å². The molecule has 0 fully saturated rings. The minimum absolute atomic E-state index is 0.0801. The number of hydrogen-bond donors (Lipinski definition) is 1. The lowest BCUT2D eigenvalue weighted by molar-refractivity contribution is 0.0526. The van der Waals surface area contributed by atoms with Gasteiger partial charge in [-0.25, -0.2) is 9.78 Å². The molecule has 2 heterocycles. The third-order valence-corrected chi connectivity index (χ3v) is 5.14. The first-order chi connectivity index (χ1) is 13.6. The second-order valence-electron chi connectivity index (χ2n) is 6.06. The van der Waals surface area contributed by atoms with E-state index in [4.69, 9.17) is 14.2 Å². The Morgan fingerprint density at radius 3 is 2.71 bits per heavy atom. The number of benzene rings is 2. The van der Waals surface area contributed by atoms with Gasteiger partial charge in [0.1, 0.15) is 13.2 Å². The smallest absolute Gasteiger partial charge is 0.338 e. The number of esters is 1. The largest absolute Gasteiger partial charge is 0.486 e. The molecule has 1 aromatic heterocycles. The van der Waals surface area contributed by atoms with E-state index >= 15 is 0 Å². The lowest BCUT2D eigenvalue weighted by atomic mass is 10.1. The molecule has 1 aliphatic heterocycles. The van der Waals surface area contributed by atoms with Crippen molar-refractivity contribution in [3.63, 3.8) is 0 Å². The topological polar surface area (TPSA) is 86.8 Å². The number of nitrogens with one attached hydrogen (secondary N) is 1. The third-order valence-electron chi connectivity index (χ3n) is 4.16. The van der Waals surface area contributed by atoms with Crippen molar-refractivity contribution in [1.29, 1.82) is 0 Å². The van der Waals surface area contributed by atoms with Gasteiger partial charge >= 0.3 is 5.97 Å². The number of ketones is 1. The van der Waals surface area contributed by atoms with Crippen LogP contribution in [0.4, 0.5) is 5.13 Å². The fourth-order valence-corrected chi connectivity index (χ4v) is 3.72. The lowest BCUT2D eigenvalue weighted by Crippen LogP contribution is -2.17. The van der Waals surface area contributed by atoms with E-state index in [0.29, 0.717) is 47.6 Å². The summed E-state index contributed by atoms with van der Waals surface area (Å²) in [6, 6.07) is 10.4. The van der Waals surface area contributed by atoms with Crippen LogP contribution in [0.15, 0.2) is 36.4 Å². The molecule has 0 atom stereocenters. The maximum atomic E-state index is 12.5. The molecule has 0 saturated heterocycles. The van der Waals surface area contributed by atoms with E-state index in [1.165, 1.54) is 11.3 Å². The zero-order chi connectivity index (χ0) is 19.5. The number of aromatic nitrogens is 1. The number of carbonyl (C=O) groups excluding carboxylic acids is 2.